The Balaban J connectivity index is 1.96. The van der Waals surface area contributed by atoms with Gasteiger partial charge in [0, 0.05) is 23.4 Å². The number of carbonyl (C=O) groups excluding carboxylic acids is 1. The minimum absolute atomic E-state index is 0.132. The molecule has 0 spiro atoms. The maximum atomic E-state index is 12.5. The summed E-state index contributed by atoms with van der Waals surface area (Å²) < 4.78 is 4.98. The van der Waals surface area contributed by atoms with Gasteiger partial charge in [-0.1, -0.05) is 36.0 Å². The van der Waals surface area contributed by atoms with E-state index in [1.165, 1.54) is 0 Å². The Kier molecular flexibility index (Phi) is 4.13. The number of hydrogen-bond donors (Lipinski definition) is 1. The van der Waals surface area contributed by atoms with Crippen LogP contribution in [0.25, 0.3) is 0 Å². The van der Waals surface area contributed by atoms with Crippen LogP contribution in [-0.4, -0.2) is 26.3 Å². The van der Waals surface area contributed by atoms with Gasteiger partial charge < -0.3 is 10.1 Å². The normalized spacial score (nSPS) is 12.5. The summed E-state index contributed by atoms with van der Waals surface area (Å²) in [6, 6.07) is 15.7. The molecule has 2 amide bonds. The van der Waals surface area contributed by atoms with Crippen LogP contribution in [0.3, 0.4) is 0 Å². The summed E-state index contributed by atoms with van der Waals surface area (Å²) >= 11 is 1.69. The van der Waals surface area contributed by atoms with Gasteiger partial charge in [0.1, 0.15) is 0 Å². The van der Waals surface area contributed by atoms with Gasteiger partial charge in [-0.05, 0) is 24.3 Å². The monoisotopic (exact) mass is 300 g/mol. The quantitative estimate of drug-likeness (QED) is 0.880. The molecule has 0 aliphatic carbocycles. The lowest BCUT2D eigenvalue weighted by Crippen LogP contribution is -2.39. The van der Waals surface area contributed by atoms with Crippen LogP contribution in [0.2, 0.25) is 0 Å². The zero-order valence-electron chi connectivity index (χ0n) is 11.7. The van der Waals surface area contributed by atoms with Crippen LogP contribution in [-0.2, 0) is 4.74 Å². The van der Waals surface area contributed by atoms with Crippen molar-refractivity contribution in [3.63, 3.8) is 0 Å². The largest absolute Gasteiger partial charge is 0.383 e. The second kappa shape index (κ2) is 6.20. The summed E-state index contributed by atoms with van der Waals surface area (Å²) in [4.78, 5) is 16.4. The van der Waals surface area contributed by atoms with Crippen molar-refractivity contribution in [2.45, 2.75) is 9.79 Å². The van der Waals surface area contributed by atoms with Gasteiger partial charge in [0.2, 0.25) is 0 Å². The van der Waals surface area contributed by atoms with E-state index in [1.807, 2.05) is 48.5 Å². The van der Waals surface area contributed by atoms with Crippen LogP contribution in [0.5, 0.6) is 0 Å². The number of carbonyl (C=O) groups is 1. The van der Waals surface area contributed by atoms with Gasteiger partial charge in [-0.25, -0.2) is 4.79 Å². The van der Waals surface area contributed by atoms with Crippen molar-refractivity contribution < 1.29 is 9.53 Å². The van der Waals surface area contributed by atoms with E-state index in [9.17, 15) is 4.79 Å². The number of rotatable bonds is 3. The number of urea groups is 1. The van der Waals surface area contributed by atoms with Crippen molar-refractivity contribution in [3.8, 4) is 0 Å². The van der Waals surface area contributed by atoms with Crippen molar-refractivity contribution in [2.75, 3.05) is 25.2 Å². The number of fused-ring (bicyclic) bond motifs is 2. The summed E-state index contributed by atoms with van der Waals surface area (Å²) in [5.74, 6) is 0. The minimum Gasteiger partial charge on any atom is -0.383 e. The molecule has 1 N–H and O–H groups in total. The predicted molar refractivity (Wildman–Crippen MR) is 84.4 cm³/mol. The highest BCUT2D eigenvalue weighted by atomic mass is 32.2. The van der Waals surface area contributed by atoms with E-state index >= 15 is 0 Å². The van der Waals surface area contributed by atoms with Crippen molar-refractivity contribution in [1.82, 2.24) is 5.32 Å². The Morgan fingerprint density at radius 2 is 1.67 bits per heavy atom. The number of anilines is 2. The molecule has 4 nitrogen and oxygen atoms in total. The molecule has 1 heterocycles. The Morgan fingerprint density at radius 1 is 1.10 bits per heavy atom. The number of hydrogen-bond acceptors (Lipinski definition) is 3. The molecule has 3 rings (SSSR count). The van der Waals surface area contributed by atoms with Crippen molar-refractivity contribution >= 4 is 29.2 Å². The van der Waals surface area contributed by atoms with Crippen LogP contribution in [0.15, 0.2) is 58.3 Å². The number of ether oxygens (including phenoxy) is 1. The second-order valence-corrected chi connectivity index (χ2v) is 5.68. The summed E-state index contributed by atoms with van der Waals surface area (Å²) in [7, 11) is 1.62. The van der Waals surface area contributed by atoms with E-state index in [-0.39, 0.29) is 6.03 Å². The third-order valence-corrected chi connectivity index (χ3v) is 4.35. The lowest BCUT2D eigenvalue weighted by atomic mass is 10.2. The fraction of sp³-hybridized carbons (Fsp3) is 0.188. The maximum absolute atomic E-state index is 12.5. The van der Waals surface area contributed by atoms with Gasteiger partial charge in [0.05, 0.1) is 18.0 Å². The molecular formula is C16H16N2O2S. The lowest BCUT2D eigenvalue weighted by molar-refractivity contribution is 0.197. The van der Waals surface area contributed by atoms with Crippen molar-refractivity contribution in [1.29, 1.82) is 0 Å². The first-order valence-corrected chi connectivity index (χ1v) is 7.55. The maximum Gasteiger partial charge on any atom is 0.326 e. The Labute approximate surface area is 128 Å². The molecule has 0 bridgehead atoms. The molecule has 2 aromatic rings. The lowest BCUT2D eigenvalue weighted by Gasteiger charge is -2.30. The first kappa shape index (κ1) is 14.0. The summed E-state index contributed by atoms with van der Waals surface area (Å²) in [5, 5.41) is 2.89. The molecule has 1 aliphatic rings. The van der Waals surface area contributed by atoms with Gasteiger partial charge in [-0.2, -0.15) is 0 Å². The van der Waals surface area contributed by atoms with Crippen LogP contribution < -0.4 is 10.2 Å². The number of amides is 2. The Morgan fingerprint density at radius 3 is 2.24 bits per heavy atom. The van der Waals surface area contributed by atoms with Gasteiger partial charge in [0.15, 0.2) is 0 Å². The van der Waals surface area contributed by atoms with Crippen molar-refractivity contribution in [2.24, 2.45) is 0 Å². The summed E-state index contributed by atoms with van der Waals surface area (Å²) in [6.07, 6.45) is 0. The van der Waals surface area contributed by atoms with Crippen LogP contribution >= 0.6 is 11.8 Å². The molecule has 0 fully saturated rings. The van der Waals surface area contributed by atoms with Gasteiger partial charge in [-0.3, -0.25) is 4.90 Å². The molecule has 0 atom stereocenters. The van der Waals surface area contributed by atoms with Gasteiger partial charge in [0.25, 0.3) is 0 Å². The number of nitrogens with one attached hydrogen (secondary N) is 1. The third kappa shape index (κ3) is 2.75. The average Bonchev–Trinajstić information content (AvgIpc) is 2.52. The number of para-hydroxylation sites is 2. The van der Waals surface area contributed by atoms with E-state index in [1.54, 1.807) is 23.8 Å². The highest BCUT2D eigenvalue weighted by Gasteiger charge is 2.27. The Hall–Kier alpha value is -1.98. The highest BCUT2D eigenvalue weighted by Crippen LogP contribution is 2.47. The van der Waals surface area contributed by atoms with Crippen LogP contribution in [0, 0.1) is 0 Å². The van der Waals surface area contributed by atoms with Gasteiger partial charge in [-0.15, -0.1) is 0 Å². The molecule has 5 heteroatoms. The van der Waals surface area contributed by atoms with E-state index in [4.69, 9.17) is 4.74 Å². The first-order chi connectivity index (χ1) is 10.3. The smallest absolute Gasteiger partial charge is 0.326 e. The molecule has 0 saturated heterocycles. The second-order valence-electron chi connectivity index (χ2n) is 4.60. The number of methoxy groups -OCH3 is 1. The topological polar surface area (TPSA) is 41.6 Å². The van der Waals surface area contributed by atoms with Gasteiger partial charge >= 0.3 is 6.03 Å². The molecule has 2 aromatic carbocycles. The number of benzene rings is 2. The zero-order chi connectivity index (χ0) is 14.7. The van der Waals surface area contributed by atoms with Crippen LogP contribution in [0.1, 0.15) is 0 Å². The number of nitrogens with zero attached hydrogens (tertiary/aromatic N) is 1. The SMILES string of the molecule is COCCNC(=O)N1c2ccccc2Sc2ccccc21. The summed E-state index contributed by atoms with van der Waals surface area (Å²) in [6.45, 7) is 0.987. The molecule has 108 valence electrons. The highest BCUT2D eigenvalue weighted by molar-refractivity contribution is 7.99. The third-order valence-electron chi connectivity index (χ3n) is 3.22. The first-order valence-electron chi connectivity index (χ1n) is 6.74. The molecule has 21 heavy (non-hydrogen) atoms. The summed E-state index contributed by atoms with van der Waals surface area (Å²) in [5.41, 5.74) is 1.83. The van der Waals surface area contributed by atoms with E-state index < -0.39 is 0 Å². The van der Waals surface area contributed by atoms with E-state index in [0.717, 1.165) is 21.2 Å². The predicted octanol–water partition coefficient (Wildman–Crippen LogP) is 3.65. The molecular weight excluding hydrogens is 284 g/mol. The van der Waals surface area contributed by atoms with Crippen molar-refractivity contribution in [3.05, 3.63) is 48.5 Å². The van der Waals surface area contributed by atoms with E-state index in [0.29, 0.717) is 13.2 Å². The molecule has 1 aliphatic heterocycles. The standard InChI is InChI=1S/C16H16N2O2S/c1-20-11-10-17-16(19)18-12-6-2-4-8-14(12)21-15-9-5-3-7-13(15)18/h2-9H,10-11H2,1H3,(H,17,19). The van der Waals surface area contributed by atoms with Crippen LogP contribution in [0.4, 0.5) is 16.2 Å². The molecule has 0 aromatic heterocycles. The molecule has 0 radical (unpaired) electrons. The average molecular weight is 300 g/mol. The molecule has 0 unspecified atom stereocenters. The fourth-order valence-electron chi connectivity index (χ4n) is 2.26. The van der Waals surface area contributed by atoms with E-state index in [2.05, 4.69) is 5.32 Å². The molecule has 0 saturated carbocycles. The fourth-order valence-corrected chi connectivity index (χ4v) is 3.32. The Bertz CT molecular complexity index is 615. The minimum atomic E-state index is -0.132. The zero-order valence-corrected chi connectivity index (χ0v) is 12.5.